The minimum atomic E-state index is -0.0997. The lowest BCUT2D eigenvalue weighted by Crippen LogP contribution is -2.33. The number of unbranched alkanes of at least 4 members (excludes halogenated alkanes) is 24. The summed E-state index contributed by atoms with van der Waals surface area (Å²) in [6, 6.07) is 0. The summed E-state index contributed by atoms with van der Waals surface area (Å²) in [6.07, 6.45) is 39.1. The van der Waals surface area contributed by atoms with Gasteiger partial charge in [0.15, 0.2) is 0 Å². The van der Waals surface area contributed by atoms with E-state index in [2.05, 4.69) is 32.6 Å². The van der Waals surface area contributed by atoms with E-state index < -0.39 is 0 Å². The van der Waals surface area contributed by atoms with Gasteiger partial charge in [-0.05, 0) is 90.4 Å². The highest BCUT2D eigenvalue weighted by molar-refractivity contribution is 5.72. The van der Waals surface area contributed by atoms with Crippen LogP contribution in [-0.4, -0.2) is 74.3 Å². The number of rotatable bonds is 44. The molecule has 1 amide bonds. The minimum Gasteiger partial charge on any atom is -0.465 e. The number of hydrogen-bond donors (Lipinski definition) is 1. The van der Waals surface area contributed by atoms with Crippen LogP contribution in [0.25, 0.3) is 0 Å². The lowest BCUT2D eigenvalue weighted by atomic mass is 9.94. The average molecular weight is 780 g/mol. The summed E-state index contributed by atoms with van der Waals surface area (Å²) in [6.45, 7) is 16.0. The lowest BCUT2D eigenvalue weighted by Gasteiger charge is -2.23. The van der Waals surface area contributed by atoms with Crippen LogP contribution in [0.15, 0.2) is 0 Å². The fourth-order valence-electron chi connectivity index (χ4n) is 7.59. The zero-order valence-corrected chi connectivity index (χ0v) is 37.7. The predicted molar refractivity (Wildman–Crippen MR) is 238 cm³/mol. The molecule has 1 unspecified atom stereocenters. The molecule has 0 aliphatic rings. The molecule has 0 spiro atoms. The molecule has 0 aliphatic heterocycles. The van der Waals surface area contributed by atoms with Crippen LogP contribution in [0.5, 0.6) is 0 Å². The fraction of sp³-hybridized carbons (Fsp3) is 0.958. The van der Waals surface area contributed by atoms with E-state index in [4.69, 9.17) is 15.2 Å². The SMILES string of the molecule is CCCCCCCCC(CCCCCC)C(=O)OCCCCCCN(CCCCCN)CCCCCCOC(=O)N(CCCCCC)CCCCCCCC. The van der Waals surface area contributed by atoms with E-state index in [1.54, 1.807) is 0 Å². The molecule has 0 rings (SSSR count). The highest BCUT2D eigenvalue weighted by atomic mass is 16.6. The molecule has 0 aliphatic carbocycles. The summed E-state index contributed by atoms with van der Waals surface area (Å²) in [5.41, 5.74) is 5.76. The summed E-state index contributed by atoms with van der Waals surface area (Å²) >= 11 is 0. The Morgan fingerprint density at radius 1 is 0.418 bits per heavy atom. The van der Waals surface area contributed by atoms with Crippen molar-refractivity contribution in [3.8, 4) is 0 Å². The standard InChI is InChI=1S/C48H97N3O4/c1-5-9-13-17-19-27-37-46(36-26-15-11-7-3)47(52)54-44-34-23-21-29-39-50(41-31-25-28-38-49)40-30-22-24-35-45-55-48(53)51(42-32-16-12-8-4)43-33-20-18-14-10-6-2/h46H,5-45,49H2,1-4H3. The van der Waals surface area contributed by atoms with E-state index in [0.29, 0.717) is 13.2 Å². The largest absolute Gasteiger partial charge is 0.465 e. The highest BCUT2D eigenvalue weighted by Crippen LogP contribution is 2.21. The lowest BCUT2D eigenvalue weighted by molar-refractivity contribution is -0.149. The van der Waals surface area contributed by atoms with Crippen molar-refractivity contribution in [1.29, 1.82) is 0 Å². The quantitative estimate of drug-likeness (QED) is 0.0490. The Labute approximate surface area is 343 Å². The minimum absolute atomic E-state index is 0.0650. The molecule has 0 saturated heterocycles. The van der Waals surface area contributed by atoms with Gasteiger partial charge >= 0.3 is 12.1 Å². The number of ether oxygens (including phenoxy) is 2. The van der Waals surface area contributed by atoms with Gasteiger partial charge in [-0.25, -0.2) is 4.79 Å². The van der Waals surface area contributed by atoms with E-state index in [1.807, 2.05) is 4.90 Å². The van der Waals surface area contributed by atoms with Crippen LogP contribution in [0, 0.1) is 5.92 Å². The Morgan fingerprint density at radius 3 is 1.24 bits per heavy atom. The van der Waals surface area contributed by atoms with Crippen molar-refractivity contribution in [1.82, 2.24) is 9.80 Å². The van der Waals surface area contributed by atoms with Crippen molar-refractivity contribution in [3.05, 3.63) is 0 Å². The number of hydrogen-bond acceptors (Lipinski definition) is 6. The first-order valence-corrected chi connectivity index (χ1v) is 24.5. The van der Waals surface area contributed by atoms with Crippen LogP contribution in [0.3, 0.4) is 0 Å². The Morgan fingerprint density at radius 2 is 0.764 bits per heavy atom. The van der Waals surface area contributed by atoms with E-state index >= 15 is 0 Å². The Bertz CT molecular complexity index is 739. The second kappa shape index (κ2) is 43.8. The van der Waals surface area contributed by atoms with Crippen LogP contribution in [0.4, 0.5) is 4.79 Å². The van der Waals surface area contributed by atoms with Crippen molar-refractivity contribution >= 4 is 12.1 Å². The van der Waals surface area contributed by atoms with E-state index in [9.17, 15) is 9.59 Å². The third-order valence-electron chi connectivity index (χ3n) is 11.4. The summed E-state index contributed by atoms with van der Waals surface area (Å²) in [4.78, 5) is 30.6. The molecule has 7 nitrogen and oxygen atoms in total. The first-order valence-electron chi connectivity index (χ1n) is 24.5. The molecule has 0 aromatic rings. The van der Waals surface area contributed by atoms with Gasteiger partial charge in [0.05, 0.1) is 19.1 Å². The van der Waals surface area contributed by atoms with E-state index in [1.165, 1.54) is 141 Å². The first-order chi connectivity index (χ1) is 27.0. The van der Waals surface area contributed by atoms with Crippen molar-refractivity contribution in [2.75, 3.05) is 52.5 Å². The molecule has 0 aromatic heterocycles. The molecule has 2 N–H and O–H groups in total. The number of amides is 1. The van der Waals surface area contributed by atoms with Crippen molar-refractivity contribution in [2.45, 2.75) is 240 Å². The topological polar surface area (TPSA) is 85.1 Å². The summed E-state index contributed by atoms with van der Waals surface area (Å²) in [5, 5.41) is 0. The molecule has 0 saturated carbocycles. The van der Waals surface area contributed by atoms with Gasteiger partial charge in [0.2, 0.25) is 0 Å². The zero-order valence-electron chi connectivity index (χ0n) is 37.7. The van der Waals surface area contributed by atoms with Crippen LogP contribution >= 0.6 is 0 Å². The van der Waals surface area contributed by atoms with Gasteiger partial charge in [0.1, 0.15) is 0 Å². The van der Waals surface area contributed by atoms with Gasteiger partial charge in [-0.1, -0.05) is 175 Å². The molecule has 0 bridgehead atoms. The fourth-order valence-corrected chi connectivity index (χ4v) is 7.59. The molecule has 0 fully saturated rings. The van der Waals surface area contributed by atoms with Crippen molar-refractivity contribution in [2.24, 2.45) is 11.7 Å². The summed E-state index contributed by atoms with van der Waals surface area (Å²) < 4.78 is 11.6. The maximum Gasteiger partial charge on any atom is 0.409 e. The van der Waals surface area contributed by atoms with Crippen LogP contribution < -0.4 is 5.73 Å². The monoisotopic (exact) mass is 780 g/mol. The summed E-state index contributed by atoms with van der Waals surface area (Å²) in [5.74, 6) is 0.163. The van der Waals surface area contributed by atoms with Gasteiger partial charge in [-0.3, -0.25) is 4.79 Å². The Hall–Kier alpha value is -1.34. The van der Waals surface area contributed by atoms with Crippen LogP contribution in [0.2, 0.25) is 0 Å². The van der Waals surface area contributed by atoms with Crippen LogP contribution in [-0.2, 0) is 14.3 Å². The molecule has 1 atom stereocenters. The number of carbonyl (C=O) groups excluding carboxylic acids is 2. The van der Waals surface area contributed by atoms with E-state index in [-0.39, 0.29) is 18.0 Å². The molecule has 7 heteroatoms. The predicted octanol–water partition coefficient (Wildman–Crippen LogP) is 13.8. The second-order valence-electron chi connectivity index (χ2n) is 16.7. The van der Waals surface area contributed by atoms with Gasteiger partial charge < -0.3 is 25.0 Å². The highest BCUT2D eigenvalue weighted by Gasteiger charge is 2.19. The Kier molecular flexibility index (Phi) is 42.7. The van der Waals surface area contributed by atoms with Gasteiger partial charge in [-0.2, -0.15) is 0 Å². The Balaban J connectivity index is 4.42. The van der Waals surface area contributed by atoms with Crippen molar-refractivity contribution in [3.63, 3.8) is 0 Å². The third-order valence-corrected chi connectivity index (χ3v) is 11.4. The normalized spacial score (nSPS) is 12.0. The number of nitrogens with two attached hydrogens (primary N) is 1. The molecular weight excluding hydrogens is 683 g/mol. The van der Waals surface area contributed by atoms with Gasteiger partial charge in [0.25, 0.3) is 0 Å². The average Bonchev–Trinajstić information content (AvgIpc) is 3.19. The number of esters is 1. The first kappa shape index (κ1) is 53.7. The molecule has 0 heterocycles. The number of carbonyl (C=O) groups is 2. The maximum absolute atomic E-state index is 13.0. The van der Waals surface area contributed by atoms with Crippen molar-refractivity contribution < 1.29 is 19.1 Å². The number of nitrogens with zero attached hydrogens (tertiary/aromatic N) is 2. The molecular formula is C48H97N3O4. The maximum atomic E-state index is 13.0. The van der Waals surface area contributed by atoms with E-state index in [0.717, 1.165) is 110 Å². The molecule has 0 aromatic carbocycles. The van der Waals surface area contributed by atoms with Crippen LogP contribution in [0.1, 0.15) is 240 Å². The second-order valence-corrected chi connectivity index (χ2v) is 16.7. The molecule has 328 valence electrons. The third kappa shape index (κ3) is 36.7. The molecule has 55 heavy (non-hydrogen) atoms. The van der Waals surface area contributed by atoms with Gasteiger partial charge in [-0.15, -0.1) is 0 Å². The van der Waals surface area contributed by atoms with Gasteiger partial charge in [0, 0.05) is 13.1 Å². The smallest absolute Gasteiger partial charge is 0.409 e. The summed E-state index contributed by atoms with van der Waals surface area (Å²) in [7, 11) is 0. The zero-order chi connectivity index (χ0) is 40.3. The molecule has 0 radical (unpaired) electrons.